The third-order valence-corrected chi connectivity index (χ3v) is 0.512. The zero-order chi connectivity index (χ0) is 4.41. The topological polar surface area (TPSA) is 29.1 Å². The Labute approximate surface area is 35.2 Å². The summed E-state index contributed by atoms with van der Waals surface area (Å²) in [4.78, 5) is 9.98. The van der Waals surface area contributed by atoms with Crippen molar-refractivity contribution in [1.29, 1.82) is 0 Å². The summed E-state index contributed by atoms with van der Waals surface area (Å²) < 4.78 is 0. The number of rotatable bonds is 0. The van der Waals surface area contributed by atoms with Gasteiger partial charge in [-0.3, -0.25) is 4.79 Å². The molecule has 0 aromatic heterocycles. The number of hydrogen-bond acceptors (Lipinski definition) is 1. The molecule has 0 fully saturated rings. The summed E-state index contributed by atoms with van der Waals surface area (Å²) in [5, 5.41) is 2.39. The van der Waals surface area contributed by atoms with E-state index in [4.69, 9.17) is 0 Å². The van der Waals surface area contributed by atoms with E-state index < -0.39 is 0 Å². The molecule has 2 nitrogen and oxygen atoms in total. The van der Waals surface area contributed by atoms with Crippen LogP contribution in [0.15, 0.2) is 18.0 Å². The highest BCUT2D eigenvalue weighted by Crippen LogP contribution is 1.74. The monoisotopic (exact) mass is 81.0 g/mol. The number of nitrogens with one attached hydrogen (secondary N) is 1. The van der Waals surface area contributed by atoms with Crippen molar-refractivity contribution in [3.8, 4) is 0 Å². The summed E-state index contributed by atoms with van der Waals surface area (Å²) in [7, 11) is 0. The molecular formula is C4H3NO. The second kappa shape index (κ2) is 0.994. The first-order valence-corrected chi connectivity index (χ1v) is 1.61. The Hall–Kier alpha value is -1.01. The molecule has 6 heavy (non-hydrogen) atoms. The van der Waals surface area contributed by atoms with Crippen LogP contribution in [-0.2, 0) is 4.79 Å². The molecule has 0 aromatic carbocycles. The number of carbonyl (C=O) groups excluding carboxylic acids is 1. The fourth-order valence-corrected chi connectivity index (χ4v) is 0.272. The van der Waals surface area contributed by atoms with Gasteiger partial charge in [0.2, 0.25) is 0 Å². The molecule has 1 aliphatic heterocycles. The molecule has 0 saturated heterocycles. The Kier molecular flexibility index (Phi) is 0.529. The lowest BCUT2D eigenvalue weighted by atomic mass is 10.6. The minimum absolute atomic E-state index is 0.0880. The van der Waals surface area contributed by atoms with Gasteiger partial charge in [0.05, 0.1) is 0 Å². The van der Waals surface area contributed by atoms with Crippen molar-refractivity contribution in [2.24, 2.45) is 0 Å². The van der Waals surface area contributed by atoms with Gasteiger partial charge in [0, 0.05) is 12.3 Å². The normalized spacial score (nSPS) is 15.7. The predicted octanol–water partition coefficient (Wildman–Crippen LogP) is -0.215. The molecule has 0 atom stereocenters. The zero-order valence-corrected chi connectivity index (χ0v) is 3.06. The second-order valence-corrected chi connectivity index (χ2v) is 0.964. The lowest BCUT2D eigenvalue weighted by Crippen LogP contribution is -2.08. The van der Waals surface area contributed by atoms with Crippen molar-refractivity contribution >= 4 is 5.91 Å². The van der Waals surface area contributed by atoms with E-state index in [0.717, 1.165) is 0 Å². The molecule has 1 amide bonds. The van der Waals surface area contributed by atoms with Crippen molar-refractivity contribution in [3.63, 3.8) is 0 Å². The van der Waals surface area contributed by atoms with E-state index >= 15 is 0 Å². The molecule has 1 rings (SSSR count). The first kappa shape index (κ1) is 3.19. The van der Waals surface area contributed by atoms with Gasteiger partial charge in [-0.25, -0.2) is 0 Å². The molecule has 2 heteroatoms. The van der Waals surface area contributed by atoms with Crippen LogP contribution in [0.1, 0.15) is 0 Å². The SMILES string of the molecule is O=C1C=C=CN1. The highest BCUT2D eigenvalue weighted by molar-refractivity contribution is 5.89. The third kappa shape index (κ3) is 0.330. The smallest absolute Gasteiger partial charge is 0.256 e. The van der Waals surface area contributed by atoms with Crippen LogP contribution in [0, 0.1) is 0 Å². The molecule has 0 aliphatic carbocycles. The molecule has 1 N–H and O–H groups in total. The quantitative estimate of drug-likeness (QED) is 0.401. The second-order valence-electron chi connectivity index (χ2n) is 0.964. The van der Waals surface area contributed by atoms with E-state index in [1.165, 1.54) is 12.3 Å². The van der Waals surface area contributed by atoms with Crippen molar-refractivity contribution < 1.29 is 4.79 Å². The molecule has 0 radical (unpaired) electrons. The highest BCUT2D eigenvalue weighted by Gasteiger charge is 1.90. The first-order valence-electron chi connectivity index (χ1n) is 1.61. The summed E-state index contributed by atoms with van der Waals surface area (Å²) in [6.45, 7) is 0. The van der Waals surface area contributed by atoms with Gasteiger partial charge in [0.1, 0.15) is 0 Å². The van der Waals surface area contributed by atoms with E-state index in [0.29, 0.717) is 0 Å². The summed E-state index contributed by atoms with van der Waals surface area (Å²) in [5.41, 5.74) is 2.56. The Morgan fingerprint density at radius 3 is 2.83 bits per heavy atom. The van der Waals surface area contributed by atoms with E-state index in [1.807, 2.05) is 0 Å². The Morgan fingerprint density at radius 1 is 1.83 bits per heavy atom. The molecule has 0 unspecified atom stereocenters. The summed E-state index contributed by atoms with van der Waals surface area (Å²) >= 11 is 0. The van der Waals surface area contributed by atoms with Crippen LogP contribution in [0.5, 0.6) is 0 Å². The molecule has 1 aliphatic rings. The summed E-state index contributed by atoms with van der Waals surface area (Å²) in [5.74, 6) is -0.0880. The van der Waals surface area contributed by atoms with Crippen LogP contribution < -0.4 is 5.32 Å². The maximum atomic E-state index is 9.98. The molecule has 0 aromatic rings. The van der Waals surface area contributed by atoms with E-state index in [1.54, 1.807) is 0 Å². The largest absolute Gasteiger partial charge is 0.322 e. The Balaban J connectivity index is 2.79. The fourth-order valence-electron chi connectivity index (χ4n) is 0.272. The Morgan fingerprint density at radius 2 is 2.67 bits per heavy atom. The molecule has 30 valence electrons. The van der Waals surface area contributed by atoms with E-state index in [9.17, 15) is 4.79 Å². The van der Waals surface area contributed by atoms with Gasteiger partial charge in [0.25, 0.3) is 5.91 Å². The van der Waals surface area contributed by atoms with Crippen LogP contribution in [0.4, 0.5) is 0 Å². The molecular weight excluding hydrogens is 78.0 g/mol. The number of carbonyl (C=O) groups is 1. The average molecular weight is 81.1 g/mol. The lowest BCUT2D eigenvalue weighted by molar-refractivity contribution is -0.115. The van der Waals surface area contributed by atoms with Gasteiger partial charge < -0.3 is 5.32 Å². The number of hydrogen-bond donors (Lipinski definition) is 1. The first-order chi connectivity index (χ1) is 2.89. The van der Waals surface area contributed by atoms with Gasteiger partial charge in [-0.05, 0) is 0 Å². The van der Waals surface area contributed by atoms with Crippen LogP contribution >= 0.6 is 0 Å². The standard InChI is InChI=1S/C4H3NO/c6-4-2-1-3-5-4/h2-3H,(H,5,6). The predicted molar refractivity (Wildman–Crippen MR) is 20.8 cm³/mol. The van der Waals surface area contributed by atoms with Crippen LogP contribution in [0.3, 0.4) is 0 Å². The van der Waals surface area contributed by atoms with Crippen LogP contribution in [-0.4, -0.2) is 5.91 Å². The third-order valence-electron chi connectivity index (χ3n) is 0.512. The van der Waals surface area contributed by atoms with Crippen LogP contribution in [0.25, 0.3) is 0 Å². The Bertz CT molecular complexity index is 130. The summed E-state index contributed by atoms with van der Waals surface area (Å²) in [6, 6.07) is 0. The highest BCUT2D eigenvalue weighted by atomic mass is 16.1. The van der Waals surface area contributed by atoms with E-state index in [-0.39, 0.29) is 5.91 Å². The van der Waals surface area contributed by atoms with Crippen LogP contribution in [0.2, 0.25) is 0 Å². The lowest BCUT2D eigenvalue weighted by Gasteiger charge is -1.76. The van der Waals surface area contributed by atoms with Gasteiger partial charge in [-0.2, -0.15) is 0 Å². The van der Waals surface area contributed by atoms with Crippen molar-refractivity contribution in [2.75, 3.05) is 0 Å². The maximum Gasteiger partial charge on any atom is 0.256 e. The molecule has 1 heterocycles. The van der Waals surface area contributed by atoms with E-state index in [2.05, 4.69) is 11.0 Å². The average Bonchev–Trinajstić information content (AvgIpc) is 1.86. The molecule has 0 saturated carbocycles. The van der Waals surface area contributed by atoms with Crippen molar-refractivity contribution in [1.82, 2.24) is 5.32 Å². The fraction of sp³-hybridized carbons (Fsp3) is 0. The molecule has 0 bridgehead atoms. The number of amides is 1. The van der Waals surface area contributed by atoms with Crippen molar-refractivity contribution in [3.05, 3.63) is 18.0 Å². The van der Waals surface area contributed by atoms with Gasteiger partial charge >= 0.3 is 0 Å². The van der Waals surface area contributed by atoms with Gasteiger partial charge in [-0.1, -0.05) is 5.73 Å². The minimum atomic E-state index is -0.0880. The van der Waals surface area contributed by atoms with Gasteiger partial charge in [-0.15, -0.1) is 0 Å². The van der Waals surface area contributed by atoms with Crippen molar-refractivity contribution in [2.45, 2.75) is 0 Å². The van der Waals surface area contributed by atoms with Gasteiger partial charge in [0.15, 0.2) is 0 Å². The maximum absolute atomic E-state index is 9.98. The summed E-state index contributed by atoms with van der Waals surface area (Å²) in [6.07, 6.45) is 2.82. The zero-order valence-electron chi connectivity index (χ0n) is 3.06. The minimum Gasteiger partial charge on any atom is -0.322 e. The molecule has 0 spiro atoms.